The molecule has 0 bridgehead atoms. The van der Waals surface area contributed by atoms with Gasteiger partial charge in [0.05, 0.1) is 39.1 Å². The Morgan fingerprint density at radius 1 is 0.468 bits per heavy atom. The molecule has 4 heterocycles. The molecular formula is C57H56N4S. The van der Waals surface area contributed by atoms with E-state index < -0.39 is 10.9 Å². The van der Waals surface area contributed by atoms with Crippen LogP contribution in [-0.4, -0.2) is 14.1 Å². The standard InChI is InChI=1S/C57H56N4S/c1-34-29-37(56(6,7)8)30-35(2)51(34)54-58-43-31-38(57(9,10)11)32-50-52(43)61(54)47-22-16-21-46-53(47)62(50)49-28-27-40(33-48(49)59(46)39-25-23-36(24-26-39)55(3,4)5)60-44-19-14-12-17-41(44)42-18-13-15-20-45(42)60/h12-33,62H,1-11H3. The molecule has 2 aliphatic heterocycles. The quantitative estimate of drug-likeness (QED) is 0.180. The number of fused-ring (bicyclic) bond motifs is 7. The van der Waals surface area contributed by atoms with Crippen LogP contribution in [0.15, 0.2) is 148 Å². The first-order valence-corrected chi connectivity index (χ1v) is 23.5. The van der Waals surface area contributed by atoms with E-state index in [1.54, 1.807) is 0 Å². The molecule has 0 radical (unpaired) electrons. The predicted octanol–water partition coefficient (Wildman–Crippen LogP) is 15.9. The highest BCUT2D eigenvalue weighted by Crippen LogP contribution is 2.68. The van der Waals surface area contributed by atoms with Crippen molar-refractivity contribution in [3.05, 3.63) is 161 Å². The molecule has 0 spiro atoms. The van der Waals surface area contributed by atoms with E-state index in [1.165, 1.54) is 92.5 Å². The number of imidazole rings is 1. The smallest absolute Gasteiger partial charge is 0.146 e. The zero-order chi connectivity index (χ0) is 43.2. The van der Waals surface area contributed by atoms with Crippen molar-refractivity contribution in [2.75, 3.05) is 4.90 Å². The molecule has 310 valence electrons. The van der Waals surface area contributed by atoms with Crippen LogP contribution in [0.3, 0.4) is 0 Å². The minimum atomic E-state index is -0.988. The van der Waals surface area contributed by atoms with Crippen molar-refractivity contribution >= 4 is 60.8 Å². The molecule has 0 fully saturated rings. The number of nitrogens with zero attached hydrogens (tertiary/aromatic N) is 4. The average molecular weight is 829 g/mol. The number of aryl methyl sites for hydroxylation is 2. The Morgan fingerprint density at radius 2 is 1.03 bits per heavy atom. The maximum absolute atomic E-state index is 5.69. The first-order chi connectivity index (χ1) is 29.5. The van der Waals surface area contributed by atoms with Gasteiger partial charge in [-0.15, -0.1) is 0 Å². The molecule has 62 heavy (non-hydrogen) atoms. The molecule has 1 unspecified atom stereocenters. The third-order valence-corrected chi connectivity index (χ3v) is 16.0. The number of hydrogen-bond donors (Lipinski definition) is 1. The predicted molar refractivity (Wildman–Crippen MR) is 265 cm³/mol. The van der Waals surface area contributed by atoms with E-state index in [0.29, 0.717) is 0 Å². The lowest BCUT2D eigenvalue weighted by Gasteiger charge is -2.43. The lowest BCUT2D eigenvalue weighted by atomic mass is 9.83. The lowest BCUT2D eigenvalue weighted by molar-refractivity contribution is 0.589. The number of thiol groups is 1. The SMILES string of the molecule is Cc1cc(C(C)(C)C)cc(C)c1-c1nc2cc(C(C)(C)C)cc3c2n1-c1cccc2c1[SH]3c1ccc(-n3c4ccccc4c4ccccc43)cc1N2c1ccc(C(C)(C)C)cc1. The minimum Gasteiger partial charge on any atom is -0.309 e. The number of benzene rings is 7. The van der Waals surface area contributed by atoms with E-state index in [2.05, 4.69) is 224 Å². The van der Waals surface area contributed by atoms with Gasteiger partial charge in [0.2, 0.25) is 0 Å². The second-order valence-electron chi connectivity index (χ2n) is 20.8. The van der Waals surface area contributed by atoms with Crippen molar-refractivity contribution < 1.29 is 0 Å². The molecule has 2 aromatic heterocycles. The highest BCUT2D eigenvalue weighted by Gasteiger charge is 2.40. The molecule has 0 amide bonds. The van der Waals surface area contributed by atoms with Gasteiger partial charge in [-0.2, -0.15) is 10.9 Å². The Hall–Kier alpha value is -6.04. The van der Waals surface area contributed by atoms with Crippen molar-refractivity contribution in [1.29, 1.82) is 0 Å². The Balaban J connectivity index is 1.24. The van der Waals surface area contributed by atoms with Gasteiger partial charge in [-0.05, 0) is 125 Å². The highest BCUT2D eigenvalue weighted by atomic mass is 32.2. The van der Waals surface area contributed by atoms with Crippen LogP contribution in [0.4, 0.5) is 17.1 Å². The maximum atomic E-state index is 5.69. The molecule has 4 nitrogen and oxygen atoms in total. The van der Waals surface area contributed by atoms with E-state index in [9.17, 15) is 0 Å². The van der Waals surface area contributed by atoms with E-state index in [-0.39, 0.29) is 16.2 Å². The minimum absolute atomic E-state index is 0.0429. The second kappa shape index (κ2) is 13.2. The van der Waals surface area contributed by atoms with Crippen LogP contribution >= 0.6 is 10.9 Å². The highest BCUT2D eigenvalue weighted by molar-refractivity contribution is 8.17. The Bertz CT molecular complexity index is 3250. The van der Waals surface area contributed by atoms with Crippen molar-refractivity contribution in [3.8, 4) is 22.8 Å². The van der Waals surface area contributed by atoms with E-state index in [1.807, 2.05) is 0 Å². The van der Waals surface area contributed by atoms with Crippen LogP contribution in [0.1, 0.15) is 90.1 Å². The summed E-state index contributed by atoms with van der Waals surface area (Å²) in [6, 6.07) is 51.0. The third-order valence-electron chi connectivity index (χ3n) is 13.4. The van der Waals surface area contributed by atoms with Gasteiger partial charge in [0.1, 0.15) is 5.82 Å². The number of aromatic nitrogens is 3. The normalized spacial score (nSPS) is 15.4. The van der Waals surface area contributed by atoms with Gasteiger partial charge in [0.15, 0.2) is 0 Å². The van der Waals surface area contributed by atoms with Crippen LogP contribution in [0, 0.1) is 13.8 Å². The fraction of sp³-hybridized carbons (Fsp3) is 0.246. The van der Waals surface area contributed by atoms with Crippen molar-refractivity contribution in [2.45, 2.75) is 107 Å². The number of hydrogen-bond acceptors (Lipinski definition) is 2. The first-order valence-electron chi connectivity index (χ1n) is 22.1. The van der Waals surface area contributed by atoms with Crippen molar-refractivity contribution in [3.63, 3.8) is 0 Å². The van der Waals surface area contributed by atoms with Gasteiger partial charge in [0, 0.05) is 42.4 Å². The average Bonchev–Trinajstić information content (AvgIpc) is 3.77. The molecule has 2 aliphatic rings. The molecule has 7 aromatic carbocycles. The Morgan fingerprint density at radius 3 is 1.65 bits per heavy atom. The largest absolute Gasteiger partial charge is 0.309 e. The molecule has 9 aromatic rings. The van der Waals surface area contributed by atoms with Gasteiger partial charge in [0.25, 0.3) is 0 Å². The summed E-state index contributed by atoms with van der Waals surface area (Å²) in [4.78, 5) is 12.4. The molecule has 1 atom stereocenters. The first kappa shape index (κ1) is 38.9. The molecule has 0 saturated heterocycles. The Labute approximate surface area is 369 Å². The van der Waals surface area contributed by atoms with Crippen LogP contribution in [0.2, 0.25) is 0 Å². The number of anilines is 3. The summed E-state index contributed by atoms with van der Waals surface area (Å²) in [6.45, 7) is 25.4. The number of para-hydroxylation sites is 2. The summed E-state index contributed by atoms with van der Waals surface area (Å²) in [5, 5.41) is 2.54. The Kier molecular flexibility index (Phi) is 8.29. The van der Waals surface area contributed by atoms with Gasteiger partial charge in [-0.1, -0.05) is 129 Å². The second-order valence-corrected chi connectivity index (χ2v) is 22.9. The topological polar surface area (TPSA) is 26.0 Å². The van der Waals surface area contributed by atoms with Gasteiger partial charge >= 0.3 is 0 Å². The van der Waals surface area contributed by atoms with E-state index in [0.717, 1.165) is 22.7 Å². The monoisotopic (exact) mass is 828 g/mol. The van der Waals surface area contributed by atoms with Crippen LogP contribution in [0.25, 0.3) is 55.6 Å². The molecule has 0 saturated carbocycles. The summed E-state index contributed by atoms with van der Waals surface area (Å²) in [7, 11) is -0.988. The van der Waals surface area contributed by atoms with Gasteiger partial charge < -0.3 is 9.47 Å². The van der Waals surface area contributed by atoms with Crippen LogP contribution in [-0.2, 0) is 16.2 Å². The lowest BCUT2D eigenvalue weighted by Crippen LogP contribution is -2.21. The zero-order valence-electron chi connectivity index (χ0n) is 37.9. The van der Waals surface area contributed by atoms with Crippen molar-refractivity contribution in [2.24, 2.45) is 0 Å². The van der Waals surface area contributed by atoms with Crippen LogP contribution in [0.5, 0.6) is 0 Å². The molecular weight excluding hydrogens is 773 g/mol. The fourth-order valence-corrected chi connectivity index (χ4v) is 13.0. The van der Waals surface area contributed by atoms with Gasteiger partial charge in [-0.25, -0.2) is 4.98 Å². The van der Waals surface area contributed by atoms with Gasteiger partial charge in [-0.3, -0.25) is 4.57 Å². The van der Waals surface area contributed by atoms with Crippen molar-refractivity contribution in [1.82, 2.24) is 14.1 Å². The molecule has 0 N–H and O–H groups in total. The summed E-state index contributed by atoms with van der Waals surface area (Å²) in [6.07, 6.45) is 0. The molecule has 11 rings (SSSR count). The third kappa shape index (κ3) is 5.70. The van der Waals surface area contributed by atoms with E-state index >= 15 is 0 Å². The summed E-state index contributed by atoms with van der Waals surface area (Å²) >= 11 is 0. The summed E-state index contributed by atoms with van der Waals surface area (Å²) in [5.74, 6) is 1.03. The molecule has 5 heteroatoms. The fourth-order valence-electron chi connectivity index (χ4n) is 10.2. The zero-order valence-corrected chi connectivity index (χ0v) is 38.8. The number of rotatable bonds is 3. The summed E-state index contributed by atoms with van der Waals surface area (Å²) in [5.41, 5.74) is 18.5. The summed E-state index contributed by atoms with van der Waals surface area (Å²) < 4.78 is 4.99. The van der Waals surface area contributed by atoms with E-state index in [4.69, 9.17) is 4.98 Å². The molecule has 0 aliphatic carbocycles. The maximum Gasteiger partial charge on any atom is 0.146 e. The van der Waals surface area contributed by atoms with Crippen LogP contribution < -0.4 is 4.90 Å².